The molecule has 5 aromatic rings. The Balaban J connectivity index is 1.36. The monoisotopic (exact) mass is 494 g/mol. The van der Waals surface area contributed by atoms with E-state index in [1.54, 1.807) is 44.9 Å². The summed E-state index contributed by atoms with van der Waals surface area (Å²) in [5.41, 5.74) is 3.75. The van der Waals surface area contributed by atoms with E-state index in [4.69, 9.17) is 9.47 Å². The second kappa shape index (κ2) is 10.4. The molecule has 3 aromatic carbocycles. The third-order valence-corrected chi connectivity index (χ3v) is 5.95. The molecule has 1 amide bonds. The van der Waals surface area contributed by atoms with Gasteiger partial charge in [-0.2, -0.15) is 4.98 Å². The van der Waals surface area contributed by atoms with E-state index in [1.165, 1.54) is 0 Å². The molecule has 0 spiro atoms. The number of nitrogens with one attached hydrogen (secondary N) is 2. The fourth-order valence-electron chi connectivity index (χ4n) is 3.99. The molecule has 9 heteroatoms. The van der Waals surface area contributed by atoms with Crippen LogP contribution >= 0.6 is 0 Å². The first-order valence-corrected chi connectivity index (χ1v) is 11.7. The molecular formula is C28H26N6O3. The van der Waals surface area contributed by atoms with Gasteiger partial charge in [0.05, 0.1) is 31.3 Å². The molecule has 0 bridgehead atoms. The van der Waals surface area contributed by atoms with Gasteiger partial charge in [0, 0.05) is 23.5 Å². The van der Waals surface area contributed by atoms with E-state index in [-0.39, 0.29) is 11.9 Å². The molecule has 2 N–H and O–H groups in total. The van der Waals surface area contributed by atoms with Gasteiger partial charge in [0.15, 0.2) is 0 Å². The van der Waals surface area contributed by atoms with Crippen molar-refractivity contribution in [3.8, 4) is 17.3 Å². The summed E-state index contributed by atoms with van der Waals surface area (Å²) in [6, 6.07) is 22.6. The van der Waals surface area contributed by atoms with Crippen LogP contribution in [0.5, 0.6) is 11.5 Å². The molecule has 2 aromatic heterocycles. The summed E-state index contributed by atoms with van der Waals surface area (Å²) in [5, 5.41) is 6.26. The molecule has 0 saturated carbocycles. The molecule has 0 aliphatic carbocycles. The van der Waals surface area contributed by atoms with E-state index in [2.05, 4.69) is 44.6 Å². The van der Waals surface area contributed by atoms with Gasteiger partial charge in [-0.05, 0) is 48.9 Å². The Morgan fingerprint density at radius 2 is 1.68 bits per heavy atom. The normalized spacial score (nSPS) is 11.6. The maximum Gasteiger partial charge on any atom is 0.255 e. The summed E-state index contributed by atoms with van der Waals surface area (Å²) in [6.45, 7) is 2.06. The number of nitrogens with zero attached hydrogens (tertiary/aromatic N) is 4. The second-order valence-corrected chi connectivity index (χ2v) is 8.39. The quantitative estimate of drug-likeness (QED) is 0.303. The SMILES string of the molecule is COc1cc(OC)cc(C(=O)Nc2ccc3c(c2)ncn3-c2ccnc(N[C@@H](C)c3ccccc3)n2)c1. The maximum absolute atomic E-state index is 12.9. The average Bonchev–Trinajstić information content (AvgIpc) is 3.36. The number of ether oxygens (including phenoxy) is 2. The van der Waals surface area contributed by atoms with E-state index >= 15 is 0 Å². The van der Waals surface area contributed by atoms with Gasteiger partial charge in [-0.15, -0.1) is 0 Å². The zero-order chi connectivity index (χ0) is 25.8. The Morgan fingerprint density at radius 3 is 2.41 bits per heavy atom. The van der Waals surface area contributed by atoms with Crippen LogP contribution < -0.4 is 20.1 Å². The second-order valence-electron chi connectivity index (χ2n) is 8.39. The van der Waals surface area contributed by atoms with Gasteiger partial charge in [-0.25, -0.2) is 9.97 Å². The van der Waals surface area contributed by atoms with Crippen LogP contribution in [0.1, 0.15) is 28.9 Å². The number of imidazole rings is 1. The van der Waals surface area contributed by atoms with Gasteiger partial charge < -0.3 is 20.1 Å². The zero-order valence-corrected chi connectivity index (χ0v) is 20.7. The van der Waals surface area contributed by atoms with Crippen LogP contribution in [-0.2, 0) is 0 Å². The van der Waals surface area contributed by atoms with Crippen LogP contribution in [0.2, 0.25) is 0 Å². The molecule has 0 radical (unpaired) electrons. The first-order chi connectivity index (χ1) is 18.0. The van der Waals surface area contributed by atoms with Crippen molar-refractivity contribution in [1.29, 1.82) is 0 Å². The minimum atomic E-state index is -0.282. The third-order valence-electron chi connectivity index (χ3n) is 5.95. The molecule has 1 atom stereocenters. The summed E-state index contributed by atoms with van der Waals surface area (Å²) in [5.74, 6) is 2.00. The van der Waals surface area contributed by atoms with Gasteiger partial charge >= 0.3 is 0 Å². The lowest BCUT2D eigenvalue weighted by Gasteiger charge is -2.14. The summed E-state index contributed by atoms with van der Waals surface area (Å²) >= 11 is 0. The van der Waals surface area contributed by atoms with Crippen molar-refractivity contribution < 1.29 is 14.3 Å². The number of fused-ring (bicyclic) bond motifs is 1. The fraction of sp³-hybridized carbons (Fsp3) is 0.143. The van der Waals surface area contributed by atoms with Crippen LogP contribution in [0.3, 0.4) is 0 Å². The van der Waals surface area contributed by atoms with E-state index < -0.39 is 0 Å². The Bertz CT molecular complexity index is 1530. The van der Waals surface area contributed by atoms with Gasteiger partial charge in [-0.3, -0.25) is 9.36 Å². The Morgan fingerprint density at radius 1 is 0.919 bits per heavy atom. The third kappa shape index (κ3) is 5.20. The van der Waals surface area contributed by atoms with Crippen molar-refractivity contribution in [2.24, 2.45) is 0 Å². The highest BCUT2D eigenvalue weighted by atomic mass is 16.5. The molecule has 9 nitrogen and oxygen atoms in total. The Hall–Kier alpha value is -4.92. The van der Waals surface area contributed by atoms with Gasteiger partial charge in [0.2, 0.25) is 5.95 Å². The molecule has 0 aliphatic rings. The number of anilines is 2. The molecule has 37 heavy (non-hydrogen) atoms. The number of amides is 1. The van der Waals surface area contributed by atoms with Crippen molar-refractivity contribution in [3.63, 3.8) is 0 Å². The molecule has 186 valence electrons. The zero-order valence-electron chi connectivity index (χ0n) is 20.7. The van der Waals surface area contributed by atoms with E-state index in [0.29, 0.717) is 40.0 Å². The van der Waals surface area contributed by atoms with Crippen molar-refractivity contribution in [2.75, 3.05) is 24.9 Å². The van der Waals surface area contributed by atoms with Gasteiger partial charge in [-0.1, -0.05) is 30.3 Å². The van der Waals surface area contributed by atoms with Crippen LogP contribution in [0.15, 0.2) is 85.3 Å². The number of benzene rings is 3. The number of carbonyl (C=O) groups is 1. The average molecular weight is 495 g/mol. The predicted octanol–water partition coefficient (Wildman–Crippen LogP) is 5.26. The van der Waals surface area contributed by atoms with Crippen molar-refractivity contribution in [1.82, 2.24) is 19.5 Å². The molecule has 0 aliphatic heterocycles. The smallest absolute Gasteiger partial charge is 0.255 e. The number of rotatable bonds is 8. The summed E-state index contributed by atoms with van der Waals surface area (Å²) in [6.07, 6.45) is 3.42. The number of hydrogen-bond acceptors (Lipinski definition) is 7. The molecular weight excluding hydrogens is 468 g/mol. The van der Waals surface area contributed by atoms with Crippen molar-refractivity contribution >= 4 is 28.6 Å². The van der Waals surface area contributed by atoms with Gasteiger partial charge in [0.25, 0.3) is 5.91 Å². The van der Waals surface area contributed by atoms with Crippen molar-refractivity contribution in [2.45, 2.75) is 13.0 Å². The lowest BCUT2D eigenvalue weighted by molar-refractivity contribution is 0.102. The first-order valence-electron chi connectivity index (χ1n) is 11.7. The van der Waals surface area contributed by atoms with Crippen LogP contribution in [0.4, 0.5) is 11.6 Å². The first kappa shape index (κ1) is 23.8. The molecule has 2 heterocycles. The van der Waals surface area contributed by atoms with Crippen LogP contribution in [0.25, 0.3) is 16.9 Å². The topological polar surface area (TPSA) is 103 Å². The highest BCUT2D eigenvalue weighted by molar-refractivity contribution is 6.05. The Kier molecular flexibility index (Phi) is 6.67. The summed E-state index contributed by atoms with van der Waals surface area (Å²) in [7, 11) is 3.09. The van der Waals surface area contributed by atoms with Crippen LogP contribution in [0, 0.1) is 0 Å². The van der Waals surface area contributed by atoms with Crippen molar-refractivity contribution in [3.05, 3.63) is 96.4 Å². The highest BCUT2D eigenvalue weighted by Gasteiger charge is 2.13. The minimum absolute atomic E-state index is 0.0479. The van der Waals surface area contributed by atoms with E-state index in [9.17, 15) is 4.79 Å². The maximum atomic E-state index is 12.9. The number of methoxy groups -OCH3 is 2. The summed E-state index contributed by atoms with van der Waals surface area (Å²) < 4.78 is 12.4. The van der Waals surface area contributed by atoms with Gasteiger partial charge in [0.1, 0.15) is 23.6 Å². The fourth-order valence-corrected chi connectivity index (χ4v) is 3.99. The molecule has 0 unspecified atom stereocenters. The Labute approximate surface area is 214 Å². The minimum Gasteiger partial charge on any atom is -0.497 e. The number of hydrogen-bond donors (Lipinski definition) is 2. The van der Waals surface area contributed by atoms with Crippen LogP contribution in [-0.4, -0.2) is 39.6 Å². The predicted molar refractivity (Wildman–Crippen MR) is 143 cm³/mol. The standard InChI is InChI=1S/C28H26N6O3/c1-18(19-7-5-4-6-8-19)31-28-29-12-11-26(33-28)34-17-30-24-15-21(9-10-25(24)34)32-27(35)20-13-22(36-2)16-23(14-20)37-3/h4-18H,1-3H3,(H,32,35)(H,29,31,33)/t18-/m0/s1. The van der Waals surface area contributed by atoms with E-state index in [0.717, 1.165) is 11.1 Å². The lowest BCUT2D eigenvalue weighted by atomic mass is 10.1. The molecule has 5 rings (SSSR count). The molecule has 0 fully saturated rings. The largest absolute Gasteiger partial charge is 0.497 e. The molecule has 0 saturated heterocycles. The van der Waals surface area contributed by atoms with E-state index in [1.807, 2.05) is 47.0 Å². The number of aromatic nitrogens is 4. The number of carbonyl (C=O) groups excluding carboxylic acids is 1. The summed E-state index contributed by atoms with van der Waals surface area (Å²) in [4.78, 5) is 26.4. The lowest BCUT2D eigenvalue weighted by Crippen LogP contribution is -2.12. The highest BCUT2D eigenvalue weighted by Crippen LogP contribution is 2.25.